The molecular formula is C33H45N3O3. The molecule has 0 spiro atoms. The van der Waals surface area contributed by atoms with E-state index in [1.807, 2.05) is 50.2 Å². The molecular weight excluding hydrogens is 486 g/mol. The Kier molecular flexibility index (Phi) is 12.5. The van der Waals surface area contributed by atoms with Crippen LogP contribution in [0.5, 0.6) is 0 Å². The lowest BCUT2D eigenvalue weighted by Crippen LogP contribution is -2.50. The second kappa shape index (κ2) is 16.0. The molecule has 0 aliphatic rings. The van der Waals surface area contributed by atoms with Gasteiger partial charge in [0.15, 0.2) is 0 Å². The molecule has 6 heteroatoms. The van der Waals surface area contributed by atoms with Gasteiger partial charge in [-0.05, 0) is 40.7 Å². The molecule has 1 unspecified atom stereocenters. The molecule has 0 saturated carbocycles. The molecule has 0 aromatic heterocycles. The van der Waals surface area contributed by atoms with Gasteiger partial charge in [0.05, 0.1) is 13.2 Å². The first-order valence-electron chi connectivity index (χ1n) is 14.3. The molecule has 3 aromatic rings. The molecule has 210 valence electrons. The Balaban J connectivity index is 1.47. The Morgan fingerprint density at radius 3 is 2.36 bits per heavy atom. The highest BCUT2D eigenvalue weighted by molar-refractivity contribution is 5.88. The van der Waals surface area contributed by atoms with Gasteiger partial charge in [0.2, 0.25) is 11.8 Å². The molecule has 6 nitrogen and oxygen atoms in total. The van der Waals surface area contributed by atoms with E-state index in [2.05, 4.69) is 66.2 Å². The van der Waals surface area contributed by atoms with Gasteiger partial charge in [-0.3, -0.25) is 9.59 Å². The highest BCUT2D eigenvalue weighted by Crippen LogP contribution is 2.19. The van der Waals surface area contributed by atoms with Crippen molar-refractivity contribution < 1.29 is 14.3 Å². The van der Waals surface area contributed by atoms with Crippen molar-refractivity contribution in [3.05, 3.63) is 83.9 Å². The van der Waals surface area contributed by atoms with Gasteiger partial charge in [-0.1, -0.05) is 107 Å². The van der Waals surface area contributed by atoms with E-state index in [1.165, 1.54) is 16.3 Å². The van der Waals surface area contributed by atoms with Crippen LogP contribution in [-0.2, 0) is 27.5 Å². The topological polar surface area (TPSA) is 79.5 Å². The van der Waals surface area contributed by atoms with Crippen molar-refractivity contribution in [2.75, 3.05) is 6.61 Å². The summed E-state index contributed by atoms with van der Waals surface area (Å²) in [6, 6.07) is 24.4. The number of amides is 2. The van der Waals surface area contributed by atoms with Crippen molar-refractivity contribution in [2.24, 2.45) is 5.92 Å². The van der Waals surface area contributed by atoms with Crippen LogP contribution in [0.1, 0.15) is 64.5 Å². The minimum absolute atomic E-state index is 0.0440. The number of hydrogen-bond acceptors (Lipinski definition) is 4. The van der Waals surface area contributed by atoms with E-state index in [0.29, 0.717) is 38.6 Å². The summed E-state index contributed by atoms with van der Waals surface area (Å²) >= 11 is 0. The van der Waals surface area contributed by atoms with E-state index in [-0.39, 0.29) is 23.8 Å². The van der Waals surface area contributed by atoms with Crippen LogP contribution >= 0.6 is 0 Å². The second-order valence-electron chi connectivity index (χ2n) is 10.7. The number of benzene rings is 3. The lowest BCUT2D eigenvalue weighted by atomic mass is 9.97. The lowest BCUT2D eigenvalue weighted by Gasteiger charge is -2.24. The fraction of sp³-hybridized carbons (Fsp3) is 0.455. The van der Waals surface area contributed by atoms with Crippen LogP contribution in [0.4, 0.5) is 0 Å². The first-order valence-corrected chi connectivity index (χ1v) is 14.3. The smallest absolute Gasteiger partial charge is 0.243 e. The molecule has 0 bridgehead atoms. The Bertz CT molecular complexity index is 1160. The zero-order chi connectivity index (χ0) is 28.0. The molecule has 0 heterocycles. The summed E-state index contributed by atoms with van der Waals surface area (Å²) in [5.41, 5.74) is 2.21. The van der Waals surface area contributed by atoms with Gasteiger partial charge in [-0.15, -0.1) is 0 Å². The minimum atomic E-state index is -0.542. The number of nitrogens with one attached hydrogen (secondary N) is 3. The van der Waals surface area contributed by atoms with Crippen LogP contribution in [0, 0.1) is 5.92 Å². The van der Waals surface area contributed by atoms with Crippen molar-refractivity contribution in [2.45, 2.75) is 84.7 Å². The van der Waals surface area contributed by atoms with E-state index >= 15 is 0 Å². The third kappa shape index (κ3) is 10.1. The maximum absolute atomic E-state index is 12.9. The number of carbonyl (C=O) groups is 2. The summed E-state index contributed by atoms with van der Waals surface area (Å²) in [5, 5.41) is 12.0. The van der Waals surface area contributed by atoms with Gasteiger partial charge >= 0.3 is 0 Å². The summed E-state index contributed by atoms with van der Waals surface area (Å²) in [6.07, 6.45) is 2.71. The van der Waals surface area contributed by atoms with Crippen molar-refractivity contribution in [3.63, 3.8) is 0 Å². The van der Waals surface area contributed by atoms with Gasteiger partial charge in [-0.2, -0.15) is 0 Å². The van der Waals surface area contributed by atoms with Crippen LogP contribution in [0.25, 0.3) is 10.8 Å². The summed E-state index contributed by atoms with van der Waals surface area (Å²) in [6.45, 7) is 9.85. The van der Waals surface area contributed by atoms with Crippen molar-refractivity contribution in [1.82, 2.24) is 16.0 Å². The summed E-state index contributed by atoms with van der Waals surface area (Å²) in [4.78, 5) is 25.8. The van der Waals surface area contributed by atoms with Gasteiger partial charge in [0.25, 0.3) is 0 Å². The molecule has 3 N–H and O–H groups in total. The average molecular weight is 532 g/mol. The van der Waals surface area contributed by atoms with Crippen LogP contribution in [0.15, 0.2) is 72.8 Å². The molecule has 3 rings (SSSR count). The molecule has 0 saturated heterocycles. The maximum Gasteiger partial charge on any atom is 0.243 e. The largest absolute Gasteiger partial charge is 0.375 e. The Morgan fingerprint density at radius 2 is 1.62 bits per heavy atom. The van der Waals surface area contributed by atoms with Crippen LogP contribution in [0.3, 0.4) is 0 Å². The van der Waals surface area contributed by atoms with Gasteiger partial charge in [0.1, 0.15) is 6.04 Å². The van der Waals surface area contributed by atoms with Crippen LogP contribution < -0.4 is 16.0 Å². The van der Waals surface area contributed by atoms with Crippen molar-refractivity contribution in [1.29, 1.82) is 0 Å². The van der Waals surface area contributed by atoms with Crippen molar-refractivity contribution in [3.8, 4) is 0 Å². The van der Waals surface area contributed by atoms with Crippen molar-refractivity contribution >= 4 is 22.6 Å². The second-order valence-corrected chi connectivity index (χ2v) is 10.7. The first kappa shape index (κ1) is 30.3. The highest BCUT2D eigenvalue weighted by Gasteiger charge is 2.25. The summed E-state index contributed by atoms with van der Waals surface area (Å²) in [7, 11) is 0. The van der Waals surface area contributed by atoms with Crippen LogP contribution in [0.2, 0.25) is 0 Å². The Hall–Kier alpha value is -3.22. The fourth-order valence-corrected chi connectivity index (χ4v) is 4.77. The molecule has 0 fully saturated rings. The SMILES string of the molecule is CC[C@H](C)C(NC(=O)CCC[C@H](COCc1cccc2ccccc12)NC(C)C)C(=O)NCc1ccccc1. The molecule has 2 amide bonds. The summed E-state index contributed by atoms with van der Waals surface area (Å²) in [5.74, 6) is -0.180. The van der Waals surface area contributed by atoms with E-state index in [9.17, 15) is 9.59 Å². The highest BCUT2D eigenvalue weighted by atomic mass is 16.5. The predicted octanol–water partition coefficient (Wildman–Crippen LogP) is 5.74. The standard InChI is InChI=1S/C33H45N3O3/c1-5-25(4)32(33(38)34-21-26-13-7-6-8-14-26)36-31(37)20-12-18-29(35-24(2)3)23-39-22-28-17-11-16-27-15-9-10-19-30(27)28/h6-11,13-17,19,24-25,29,32,35H,5,12,18,20-23H2,1-4H3,(H,34,38)(H,36,37)/t25-,29+,32?/m0/s1. The lowest BCUT2D eigenvalue weighted by molar-refractivity contribution is -0.130. The number of hydrogen-bond donors (Lipinski definition) is 3. The van der Waals surface area contributed by atoms with Gasteiger partial charge in [0, 0.05) is 25.0 Å². The third-order valence-electron chi connectivity index (χ3n) is 7.10. The number of carbonyl (C=O) groups excluding carboxylic acids is 2. The number of ether oxygens (including phenoxy) is 1. The van der Waals surface area contributed by atoms with E-state index in [0.717, 1.165) is 18.4 Å². The van der Waals surface area contributed by atoms with Gasteiger partial charge in [-0.25, -0.2) is 0 Å². The van der Waals surface area contributed by atoms with Crippen LogP contribution in [-0.4, -0.2) is 36.5 Å². The quantitative estimate of drug-likeness (QED) is 0.220. The normalized spacial score (nSPS) is 13.7. The molecule has 39 heavy (non-hydrogen) atoms. The van der Waals surface area contributed by atoms with E-state index in [4.69, 9.17) is 4.74 Å². The molecule has 3 aromatic carbocycles. The number of rotatable bonds is 16. The Morgan fingerprint density at radius 1 is 0.897 bits per heavy atom. The molecule has 0 aliphatic heterocycles. The number of fused-ring (bicyclic) bond motifs is 1. The maximum atomic E-state index is 12.9. The van der Waals surface area contributed by atoms with E-state index < -0.39 is 6.04 Å². The monoisotopic (exact) mass is 531 g/mol. The van der Waals surface area contributed by atoms with E-state index in [1.54, 1.807) is 0 Å². The fourth-order valence-electron chi connectivity index (χ4n) is 4.77. The molecule has 0 aliphatic carbocycles. The summed E-state index contributed by atoms with van der Waals surface area (Å²) < 4.78 is 6.14. The Labute approximate surface area is 233 Å². The predicted molar refractivity (Wildman–Crippen MR) is 159 cm³/mol. The first-order chi connectivity index (χ1) is 18.9. The molecule has 3 atom stereocenters. The molecule has 0 radical (unpaired) electrons. The minimum Gasteiger partial charge on any atom is -0.375 e. The zero-order valence-corrected chi connectivity index (χ0v) is 23.9. The van der Waals surface area contributed by atoms with Gasteiger partial charge < -0.3 is 20.7 Å². The average Bonchev–Trinajstić information content (AvgIpc) is 2.94. The zero-order valence-electron chi connectivity index (χ0n) is 23.9. The third-order valence-corrected chi connectivity index (χ3v) is 7.10.